The molecule has 1 N–H and O–H groups in total. The number of nitrogens with zero attached hydrogens (tertiary/aromatic N) is 1. The Balaban J connectivity index is 1.53. The number of hydrogen-bond acceptors (Lipinski definition) is 4. The van der Waals surface area contributed by atoms with Gasteiger partial charge in [-0.2, -0.15) is 0 Å². The van der Waals surface area contributed by atoms with E-state index in [1.54, 1.807) is 29.7 Å². The molecule has 116 valence electrons. The predicted molar refractivity (Wildman–Crippen MR) is 91.8 cm³/mol. The van der Waals surface area contributed by atoms with E-state index < -0.39 is 0 Å². The van der Waals surface area contributed by atoms with Crippen molar-refractivity contribution in [3.05, 3.63) is 71.7 Å². The molecule has 0 fully saturated rings. The van der Waals surface area contributed by atoms with E-state index in [-0.39, 0.29) is 5.91 Å². The average molecular weight is 324 g/mol. The molecule has 3 rings (SSSR count). The number of para-hydroxylation sites is 1. The van der Waals surface area contributed by atoms with E-state index in [0.717, 1.165) is 16.3 Å². The minimum absolute atomic E-state index is 0.123. The largest absolute Gasteiger partial charge is 0.492 e. The van der Waals surface area contributed by atoms with E-state index in [0.29, 0.717) is 18.7 Å². The van der Waals surface area contributed by atoms with Crippen LogP contribution in [-0.2, 0) is 0 Å². The van der Waals surface area contributed by atoms with Gasteiger partial charge in [0, 0.05) is 11.8 Å². The molecule has 2 aromatic heterocycles. The highest BCUT2D eigenvalue weighted by molar-refractivity contribution is 7.13. The predicted octanol–water partition coefficient (Wildman–Crippen LogP) is 3.62. The molecule has 23 heavy (non-hydrogen) atoms. The quantitative estimate of drug-likeness (QED) is 0.705. The SMILES string of the molecule is O=C(NCCOc1ccccc1)c1ccnc(-c2cccs2)c1. The summed E-state index contributed by atoms with van der Waals surface area (Å²) in [7, 11) is 0. The van der Waals surface area contributed by atoms with Crippen molar-refractivity contribution >= 4 is 17.2 Å². The third-order valence-corrected chi connectivity index (χ3v) is 4.09. The lowest BCUT2D eigenvalue weighted by Gasteiger charge is -2.08. The van der Waals surface area contributed by atoms with Gasteiger partial charge in [0.15, 0.2) is 0 Å². The van der Waals surface area contributed by atoms with Gasteiger partial charge in [-0.1, -0.05) is 24.3 Å². The summed E-state index contributed by atoms with van der Waals surface area (Å²) in [6.45, 7) is 0.878. The maximum absolute atomic E-state index is 12.2. The fraction of sp³-hybridized carbons (Fsp3) is 0.111. The molecule has 0 unspecified atom stereocenters. The number of hydrogen-bond donors (Lipinski definition) is 1. The van der Waals surface area contributed by atoms with Crippen LogP contribution in [0.5, 0.6) is 5.75 Å². The molecule has 5 heteroatoms. The Bertz CT molecular complexity index is 758. The van der Waals surface area contributed by atoms with E-state index >= 15 is 0 Å². The molecule has 0 aliphatic rings. The molecule has 0 aliphatic heterocycles. The van der Waals surface area contributed by atoms with E-state index in [4.69, 9.17) is 4.74 Å². The highest BCUT2D eigenvalue weighted by Crippen LogP contribution is 2.22. The Kier molecular flexibility index (Phi) is 5.01. The van der Waals surface area contributed by atoms with E-state index in [9.17, 15) is 4.79 Å². The average Bonchev–Trinajstić information content (AvgIpc) is 3.14. The maximum atomic E-state index is 12.2. The Morgan fingerprint density at radius 1 is 1.13 bits per heavy atom. The van der Waals surface area contributed by atoms with Crippen LogP contribution in [0.25, 0.3) is 10.6 Å². The molecule has 0 spiro atoms. The van der Waals surface area contributed by atoms with E-state index in [2.05, 4.69) is 10.3 Å². The van der Waals surface area contributed by atoms with E-state index in [1.807, 2.05) is 47.8 Å². The minimum atomic E-state index is -0.123. The third kappa shape index (κ3) is 4.17. The topological polar surface area (TPSA) is 51.2 Å². The van der Waals surface area contributed by atoms with Gasteiger partial charge < -0.3 is 10.1 Å². The molecule has 0 aliphatic carbocycles. The van der Waals surface area contributed by atoms with Gasteiger partial charge >= 0.3 is 0 Å². The molecular weight excluding hydrogens is 308 g/mol. The Labute approximate surface area is 138 Å². The van der Waals surface area contributed by atoms with Crippen LogP contribution in [0.2, 0.25) is 0 Å². The summed E-state index contributed by atoms with van der Waals surface area (Å²) in [5.74, 6) is 0.674. The number of carbonyl (C=O) groups excluding carboxylic acids is 1. The van der Waals surface area contributed by atoms with Crippen LogP contribution in [0.4, 0.5) is 0 Å². The normalized spacial score (nSPS) is 10.3. The standard InChI is InChI=1S/C18H16N2O2S/c21-18(20-10-11-22-15-5-2-1-3-6-15)14-8-9-19-16(13-14)17-7-4-12-23-17/h1-9,12-13H,10-11H2,(H,20,21). The van der Waals surface area contributed by atoms with Gasteiger partial charge in [-0.25, -0.2) is 0 Å². The van der Waals surface area contributed by atoms with Crippen LogP contribution in [0, 0.1) is 0 Å². The highest BCUT2D eigenvalue weighted by Gasteiger charge is 2.08. The summed E-state index contributed by atoms with van der Waals surface area (Å²) in [5, 5.41) is 4.84. The summed E-state index contributed by atoms with van der Waals surface area (Å²) in [5.41, 5.74) is 1.41. The second kappa shape index (κ2) is 7.56. The third-order valence-electron chi connectivity index (χ3n) is 3.20. The second-order valence-corrected chi connectivity index (χ2v) is 5.77. The summed E-state index contributed by atoms with van der Waals surface area (Å²) in [4.78, 5) is 17.5. The van der Waals surface area contributed by atoms with Crippen LogP contribution < -0.4 is 10.1 Å². The fourth-order valence-corrected chi connectivity index (χ4v) is 2.78. The molecular formula is C18H16N2O2S. The van der Waals surface area contributed by atoms with Crippen LogP contribution >= 0.6 is 11.3 Å². The van der Waals surface area contributed by atoms with Crippen molar-refractivity contribution in [3.63, 3.8) is 0 Å². The molecule has 0 radical (unpaired) electrons. The zero-order chi connectivity index (χ0) is 15.9. The van der Waals surface area contributed by atoms with Crippen LogP contribution in [0.15, 0.2) is 66.2 Å². The number of carbonyl (C=O) groups is 1. The fourth-order valence-electron chi connectivity index (χ4n) is 2.08. The van der Waals surface area contributed by atoms with Gasteiger partial charge in [0.25, 0.3) is 5.91 Å². The van der Waals surface area contributed by atoms with Crippen molar-refractivity contribution < 1.29 is 9.53 Å². The lowest BCUT2D eigenvalue weighted by molar-refractivity contribution is 0.0947. The van der Waals surface area contributed by atoms with Gasteiger partial charge in [0.05, 0.1) is 17.1 Å². The highest BCUT2D eigenvalue weighted by atomic mass is 32.1. The monoisotopic (exact) mass is 324 g/mol. The summed E-state index contributed by atoms with van der Waals surface area (Å²) >= 11 is 1.60. The molecule has 2 heterocycles. The van der Waals surface area contributed by atoms with Crippen molar-refractivity contribution in [2.75, 3.05) is 13.2 Å². The molecule has 0 atom stereocenters. The number of pyridine rings is 1. The summed E-state index contributed by atoms with van der Waals surface area (Å²) in [6, 6.07) is 17.0. The molecule has 0 saturated heterocycles. The van der Waals surface area contributed by atoms with Crippen molar-refractivity contribution in [3.8, 4) is 16.3 Å². The molecule has 1 amide bonds. The number of amides is 1. The molecule has 4 nitrogen and oxygen atoms in total. The lowest BCUT2D eigenvalue weighted by atomic mass is 10.2. The molecule has 1 aromatic carbocycles. The number of rotatable bonds is 6. The van der Waals surface area contributed by atoms with Gasteiger partial charge in [-0.15, -0.1) is 11.3 Å². The number of thiophene rings is 1. The molecule has 0 saturated carbocycles. The van der Waals surface area contributed by atoms with Gasteiger partial charge in [-0.05, 0) is 35.7 Å². The van der Waals surface area contributed by atoms with Crippen molar-refractivity contribution in [1.82, 2.24) is 10.3 Å². The zero-order valence-electron chi connectivity index (χ0n) is 12.4. The number of ether oxygens (including phenoxy) is 1. The first kappa shape index (κ1) is 15.2. The number of nitrogens with one attached hydrogen (secondary N) is 1. The van der Waals surface area contributed by atoms with Crippen molar-refractivity contribution in [2.45, 2.75) is 0 Å². The minimum Gasteiger partial charge on any atom is -0.492 e. The maximum Gasteiger partial charge on any atom is 0.251 e. The first-order valence-electron chi connectivity index (χ1n) is 7.29. The summed E-state index contributed by atoms with van der Waals surface area (Å²) < 4.78 is 5.55. The Hall–Kier alpha value is -2.66. The Morgan fingerprint density at radius 2 is 2.00 bits per heavy atom. The molecule has 3 aromatic rings. The van der Waals surface area contributed by atoms with Crippen LogP contribution in [-0.4, -0.2) is 24.0 Å². The first-order chi connectivity index (χ1) is 11.3. The van der Waals surface area contributed by atoms with Gasteiger partial charge in [0.1, 0.15) is 12.4 Å². The smallest absolute Gasteiger partial charge is 0.251 e. The summed E-state index contributed by atoms with van der Waals surface area (Å²) in [6.07, 6.45) is 1.66. The second-order valence-electron chi connectivity index (χ2n) is 4.82. The zero-order valence-corrected chi connectivity index (χ0v) is 13.3. The molecule has 0 bridgehead atoms. The number of benzene rings is 1. The number of aromatic nitrogens is 1. The van der Waals surface area contributed by atoms with Crippen LogP contribution in [0.1, 0.15) is 10.4 Å². The van der Waals surface area contributed by atoms with Gasteiger partial charge in [0.2, 0.25) is 0 Å². The van der Waals surface area contributed by atoms with Crippen molar-refractivity contribution in [2.24, 2.45) is 0 Å². The lowest BCUT2D eigenvalue weighted by Crippen LogP contribution is -2.28. The van der Waals surface area contributed by atoms with E-state index in [1.165, 1.54) is 0 Å². The van der Waals surface area contributed by atoms with Gasteiger partial charge in [-0.3, -0.25) is 9.78 Å². The Morgan fingerprint density at radius 3 is 2.78 bits per heavy atom. The van der Waals surface area contributed by atoms with Crippen LogP contribution in [0.3, 0.4) is 0 Å². The van der Waals surface area contributed by atoms with Crippen molar-refractivity contribution in [1.29, 1.82) is 0 Å². The first-order valence-corrected chi connectivity index (χ1v) is 8.17.